The van der Waals surface area contributed by atoms with Crippen molar-refractivity contribution < 1.29 is 14.3 Å². The lowest BCUT2D eigenvalue weighted by Gasteiger charge is -2.21. The van der Waals surface area contributed by atoms with Crippen LogP contribution in [0.15, 0.2) is 42.5 Å². The summed E-state index contributed by atoms with van der Waals surface area (Å²) in [5.41, 5.74) is 2.42. The predicted molar refractivity (Wildman–Crippen MR) is 100 cm³/mol. The van der Waals surface area contributed by atoms with Crippen molar-refractivity contribution in [3.8, 4) is 11.1 Å². The molecule has 1 fully saturated rings. The fourth-order valence-electron chi connectivity index (χ4n) is 3.00. The van der Waals surface area contributed by atoms with Crippen molar-refractivity contribution in [2.24, 2.45) is 5.92 Å². The Morgan fingerprint density at radius 2 is 1.92 bits per heavy atom. The van der Waals surface area contributed by atoms with E-state index < -0.39 is 6.10 Å². The normalized spacial score (nSPS) is 18.1. The van der Waals surface area contributed by atoms with E-state index >= 15 is 0 Å². The number of ether oxygens (including phenoxy) is 2. The van der Waals surface area contributed by atoms with Gasteiger partial charge in [-0.2, -0.15) is 0 Å². The van der Waals surface area contributed by atoms with Gasteiger partial charge >= 0.3 is 0 Å². The number of anilines is 1. The van der Waals surface area contributed by atoms with Crippen LogP contribution in [0.4, 0.5) is 5.69 Å². The number of benzene rings is 2. The van der Waals surface area contributed by atoms with Crippen LogP contribution >= 0.6 is 23.2 Å². The summed E-state index contributed by atoms with van der Waals surface area (Å²) in [5.74, 6) is -0.119. The second-order valence-corrected chi connectivity index (χ2v) is 6.84. The summed E-state index contributed by atoms with van der Waals surface area (Å²) in [6, 6.07) is 12.7. The van der Waals surface area contributed by atoms with Crippen LogP contribution in [0.1, 0.15) is 6.42 Å². The molecule has 2 unspecified atom stereocenters. The Morgan fingerprint density at radius 1 is 1.20 bits per heavy atom. The minimum atomic E-state index is -0.545. The van der Waals surface area contributed by atoms with Crippen molar-refractivity contribution in [2.45, 2.75) is 12.5 Å². The molecule has 1 aliphatic rings. The van der Waals surface area contributed by atoms with E-state index in [0.29, 0.717) is 28.9 Å². The number of rotatable bonds is 5. The highest BCUT2D eigenvalue weighted by Gasteiger charge is 2.31. The summed E-state index contributed by atoms with van der Waals surface area (Å²) in [7, 11) is 1.55. The molecule has 1 saturated heterocycles. The Hall–Kier alpha value is -1.59. The lowest BCUT2D eigenvalue weighted by atomic mass is 10.00. The van der Waals surface area contributed by atoms with Crippen molar-refractivity contribution in [3.63, 3.8) is 0 Å². The zero-order valence-electron chi connectivity index (χ0n) is 13.8. The molecule has 132 valence electrons. The van der Waals surface area contributed by atoms with Crippen molar-refractivity contribution in [3.05, 3.63) is 52.5 Å². The highest BCUT2D eigenvalue weighted by Crippen LogP contribution is 2.32. The van der Waals surface area contributed by atoms with Gasteiger partial charge in [0.05, 0.1) is 6.61 Å². The summed E-state index contributed by atoms with van der Waals surface area (Å²) >= 11 is 12.1. The minimum absolute atomic E-state index is 0.0660. The van der Waals surface area contributed by atoms with E-state index in [1.807, 2.05) is 18.2 Å². The van der Waals surface area contributed by atoms with E-state index in [1.165, 1.54) is 0 Å². The lowest BCUT2D eigenvalue weighted by Crippen LogP contribution is -2.36. The van der Waals surface area contributed by atoms with E-state index in [-0.39, 0.29) is 11.8 Å². The molecule has 0 saturated carbocycles. The first-order valence-electron chi connectivity index (χ1n) is 8.05. The number of nitrogens with one attached hydrogen (secondary N) is 1. The topological polar surface area (TPSA) is 47.6 Å². The highest BCUT2D eigenvalue weighted by atomic mass is 35.5. The van der Waals surface area contributed by atoms with Gasteiger partial charge in [0.25, 0.3) is 5.91 Å². The third-order valence-corrected chi connectivity index (χ3v) is 4.79. The molecule has 0 aromatic heterocycles. The second kappa shape index (κ2) is 8.19. The molecule has 2 aromatic carbocycles. The third-order valence-electron chi connectivity index (χ3n) is 4.30. The van der Waals surface area contributed by atoms with Crippen LogP contribution in [-0.2, 0) is 14.3 Å². The first kappa shape index (κ1) is 18.2. The van der Waals surface area contributed by atoms with Crippen LogP contribution in [0, 0.1) is 5.92 Å². The van der Waals surface area contributed by atoms with Gasteiger partial charge in [-0.3, -0.25) is 4.79 Å². The van der Waals surface area contributed by atoms with Gasteiger partial charge in [0, 0.05) is 40.9 Å². The fourth-order valence-corrected chi connectivity index (χ4v) is 3.30. The number of methoxy groups -OCH3 is 1. The van der Waals surface area contributed by atoms with Crippen LogP contribution in [-0.4, -0.2) is 32.3 Å². The molecule has 1 heterocycles. The number of carbonyl (C=O) groups is 1. The number of halogens is 2. The number of hydrogen-bond donors (Lipinski definition) is 1. The van der Waals surface area contributed by atoms with E-state index in [2.05, 4.69) is 5.32 Å². The molecule has 25 heavy (non-hydrogen) atoms. The van der Waals surface area contributed by atoms with Gasteiger partial charge in [-0.05, 0) is 42.3 Å². The number of hydrogen-bond acceptors (Lipinski definition) is 3. The molecular weight excluding hydrogens is 361 g/mol. The molecule has 2 aromatic rings. The average molecular weight is 380 g/mol. The maximum atomic E-state index is 12.7. The minimum Gasteiger partial charge on any atom is -0.381 e. The lowest BCUT2D eigenvalue weighted by molar-refractivity contribution is -0.128. The Labute approximate surface area is 157 Å². The van der Waals surface area contributed by atoms with Gasteiger partial charge in [0.1, 0.15) is 6.10 Å². The number of amides is 1. The average Bonchev–Trinajstić information content (AvgIpc) is 3.12. The molecule has 0 aliphatic carbocycles. The summed E-state index contributed by atoms with van der Waals surface area (Å²) in [4.78, 5) is 12.7. The fraction of sp³-hybridized carbons (Fsp3) is 0.316. The molecule has 2 atom stereocenters. The molecule has 0 bridgehead atoms. The molecule has 3 rings (SSSR count). The van der Waals surface area contributed by atoms with Gasteiger partial charge < -0.3 is 14.8 Å². The van der Waals surface area contributed by atoms with Crippen molar-refractivity contribution >= 4 is 34.8 Å². The maximum Gasteiger partial charge on any atom is 0.253 e. The largest absolute Gasteiger partial charge is 0.381 e. The molecule has 0 radical (unpaired) electrons. The van der Waals surface area contributed by atoms with E-state index in [0.717, 1.165) is 17.5 Å². The molecule has 0 spiro atoms. The maximum absolute atomic E-state index is 12.7. The van der Waals surface area contributed by atoms with E-state index in [1.54, 1.807) is 31.4 Å². The highest BCUT2D eigenvalue weighted by molar-refractivity contribution is 6.31. The molecule has 4 nitrogen and oxygen atoms in total. The standard InChI is InChI=1S/C19H19Cl2NO3/c1-24-18(13-8-9-25-11-13)19(23)22-17-7-6-15(21)10-16(17)12-2-4-14(20)5-3-12/h2-7,10,13,18H,8-9,11H2,1H3,(H,22,23). The van der Waals surface area contributed by atoms with Crippen molar-refractivity contribution in [1.29, 1.82) is 0 Å². The zero-order chi connectivity index (χ0) is 17.8. The Morgan fingerprint density at radius 3 is 2.56 bits per heavy atom. The first-order chi connectivity index (χ1) is 12.1. The molecule has 1 N–H and O–H groups in total. The molecule has 1 aliphatic heterocycles. The van der Waals surface area contributed by atoms with Gasteiger partial charge in [-0.15, -0.1) is 0 Å². The van der Waals surface area contributed by atoms with Gasteiger partial charge in [-0.25, -0.2) is 0 Å². The third kappa shape index (κ3) is 4.33. The van der Waals surface area contributed by atoms with Crippen LogP contribution in [0.25, 0.3) is 11.1 Å². The van der Waals surface area contributed by atoms with Gasteiger partial charge in [-0.1, -0.05) is 35.3 Å². The summed E-state index contributed by atoms with van der Waals surface area (Å²) in [6.45, 7) is 1.20. The molecule has 6 heteroatoms. The first-order valence-corrected chi connectivity index (χ1v) is 8.81. The van der Waals surface area contributed by atoms with Gasteiger partial charge in [0.15, 0.2) is 0 Å². The van der Waals surface area contributed by atoms with Crippen molar-refractivity contribution in [2.75, 3.05) is 25.6 Å². The Kier molecular flexibility index (Phi) is 5.97. The second-order valence-electron chi connectivity index (χ2n) is 5.97. The summed E-state index contributed by atoms with van der Waals surface area (Å²) in [5, 5.41) is 4.21. The summed E-state index contributed by atoms with van der Waals surface area (Å²) in [6.07, 6.45) is 0.271. The Bertz CT molecular complexity index is 743. The van der Waals surface area contributed by atoms with E-state index in [9.17, 15) is 4.79 Å². The van der Waals surface area contributed by atoms with E-state index in [4.69, 9.17) is 32.7 Å². The van der Waals surface area contributed by atoms with Crippen LogP contribution in [0.5, 0.6) is 0 Å². The van der Waals surface area contributed by atoms with Crippen LogP contribution in [0.3, 0.4) is 0 Å². The van der Waals surface area contributed by atoms with Crippen LogP contribution in [0.2, 0.25) is 10.0 Å². The monoisotopic (exact) mass is 379 g/mol. The van der Waals surface area contributed by atoms with Crippen LogP contribution < -0.4 is 5.32 Å². The SMILES string of the molecule is COC(C(=O)Nc1ccc(Cl)cc1-c1ccc(Cl)cc1)C1CCOC1. The Balaban J connectivity index is 1.86. The quantitative estimate of drug-likeness (QED) is 0.822. The van der Waals surface area contributed by atoms with Crippen molar-refractivity contribution in [1.82, 2.24) is 0 Å². The molecule has 1 amide bonds. The van der Waals surface area contributed by atoms with Gasteiger partial charge in [0.2, 0.25) is 0 Å². The smallest absolute Gasteiger partial charge is 0.253 e. The summed E-state index contributed by atoms with van der Waals surface area (Å²) < 4.78 is 10.8. The zero-order valence-corrected chi connectivity index (χ0v) is 15.3. The number of carbonyl (C=O) groups excluding carboxylic acids is 1. The molecular formula is C19H19Cl2NO3. The predicted octanol–water partition coefficient (Wildman–Crippen LogP) is 4.65.